The van der Waals surface area contributed by atoms with E-state index in [4.69, 9.17) is 4.74 Å². The van der Waals surface area contributed by atoms with Crippen LogP contribution in [0.5, 0.6) is 0 Å². The van der Waals surface area contributed by atoms with Gasteiger partial charge in [0.15, 0.2) is 0 Å². The number of aromatic nitrogens is 1. The van der Waals surface area contributed by atoms with Crippen LogP contribution in [0.15, 0.2) is 53.4 Å². The van der Waals surface area contributed by atoms with Crippen molar-refractivity contribution in [2.45, 2.75) is 115 Å². The Labute approximate surface area is 329 Å². The number of fused-ring (bicyclic) bond motifs is 1. The van der Waals surface area contributed by atoms with Gasteiger partial charge in [-0.2, -0.15) is 0 Å². The second kappa shape index (κ2) is 22.6. The molecule has 1 aromatic heterocycles. The number of benzene rings is 2. The zero-order valence-corrected chi connectivity index (χ0v) is 33.1. The molecule has 2 heterocycles. The number of carbonyl (C=O) groups excluding carboxylic acids is 4. The van der Waals surface area contributed by atoms with Gasteiger partial charge < -0.3 is 31.1 Å². The SMILES string of the molecule is CCCCCCNC(=O)CC(O)[C@H](CC1CCCCC1)NC(=O)C(Cc1cscn1)NC(=O)C(Cc1cccc2ccccc12)NC(=O)CN1CCOCC1. The maximum Gasteiger partial charge on any atom is 0.243 e. The molecule has 2 aliphatic rings. The van der Waals surface area contributed by atoms with Gasteiger partial charge in [-0.05, 0) is 35.1 Å². The van der Waals surface area contributed by atoms with Gasteiger partial charge in [-0.15, -0.1) is 11.3 Å². The number of hydrogen-bond acceptors (Lipinski definition) is 9. The van der Waals surface area contributed by atoms with Crippen molar-refractivity contribution in [3.8, 4) is 0 Å². The molecular weight excluding hydrogens is 717 g/mol. The number of morpholine rings is 1. The molecule has 3 unspecified atom stereocenters. The van der Waals surface area contributed by atoms with Gasteiger partial charge >= 0.3 is 0 Å². The Morgan fingerprint density at radius 1 is 0.891 bits per heavy atom. The molecule has 2 fully saturated rings. The lowest BCUT2D eigenvalue weighted by Gasteiger charge is -2.31. The molecule has 2 aromatic carbocycles. The van der Waals surface area contributed by atoms with Gasteiger partial charge in [0, 0.05) is 37.9 Å². The first-order valence-corrected chi connectivity index (χ1v) is 21.2. The zero-order chi connectivity index (χ0) is 38.8. The lowest BCUT2D eigenvalue weighted by Crippen LogP contribution is -2.58. The summed E-state index contributed by atoms with van der Waals surface area (Å²) in [7, 11) is 0. The molecule has 1 saturated carbocycles. The molecule has 0 radical (unpaired) electrons. The van der Waals surface area contributed by atoms with Gasteiger partial charge in [0.05, 0.1) is 49.5 Å². The molecule has 13 heteroatoms. The predicted molar refractivity (Wildman–Crippen MR) is 215 cm³/mol. The van der Waals surface area contributed by atoms with Crippen molar-refractivity contribution in [1.29, 1.82) is 0 Å². The number of aliphatic hydroxyl groups excluding tert-OH is 1. The number of nitrogens with one attached hydrogen (secondary N) is 4. The summed E-state index contributed by atoms with van der Waals surface area (Å²) in [6.07, 6.45) is 9.13. The largest absolute Gasteiger partial charge is 0.390 e. The number of amides is 4. The molecule has 300 valence electrons. The normalized spacial score (nSPS) is 17.5. The maximum atomic E-state index is 14.3. The second-order valence-electron chi connectivity index (χ2n) is 15.1. The highest BCUT2D eigenvalue weighted by Gasteiger charge is 2.33. The minimum absolute atomic E-state index is 0.119. The van der Waals surface area contributed by atoms with Crippen molar-refractivity contribution in [3.63, 3.8) is 0 Å². The summed E-state index contributed by atoms with van der Waals surface area (Å²) in [4.78, 5) is 61.4. The number of rotatable bonds is 21. The van der Waals surface area contributed by atoms with E-state index in [1.54, 1.807) is 5.51 Å². The third-order valence-corrected chi connectivity index (χ3v) is 11.4. The highest BCUT2D eigenvalue weighted by atomic mass is 32.1. The van der Waals surface area contributed by atoms with Crippen LogP contribution in [0.1, 0.15) is 88.8 Å². The third-order valence-electron chi connectivity index (χ3n) is 10.8. The summed E-state index contributed by atoms with van der Waals surface area (Å²) in [6, 6.07) is 11.1. The highest BCUT2D eigenvalue weighted by Crippen LogP contribution is 2.28. The molecule has 12 nitrogen and oxygen atoms in total. The third kappa shape index (κ3) is 14.0. The van der Waals surface area contributed by atoms with Gasteiger partial charge in [-0.3, -0.25) is 24.1 Å². The zero-order valence-electron chi connectivity index (χ0n) is 32.3. The van der Waals surface area contributed by atoms with Crippen molar-refractivity contribution in [2.75, 3.05) is 39.4 Å². The van der Waals surface area contributed by atoms with Crippen molar-refractivity contribution in [2.24, 2.45) is 5.92 Å². The summed E-state index contributed by atoms with van der Waals surface area (Å²) >= 11 is 1.40. The average molecular weight is 777 g/mol. The quantitative estimate of drug-likeness (QED) is 0.100. The molecule has 4 amide bonds. The van der Waals surface area contributed by atoms with E-state index in [1.165, 1.54) is 17.8 Å². The molecule has 5 rings (SSSR count). The van der Waals surface area contributed by atoms with Crippen LogP contribution in [0.3, 0.4) is 0 Å². The standard InChI is InChI=1S/C42H60N6O6S/c1-2-3-4-10-18-43-39(50)26-38(49)35(23-30-12-6-5-7-13-30)46-42(53)37(25-33-28-55-29-44-33)47-41(52)36(45-40(51)27-48-19-21-54-22-20-48)24-32-16-11-15-31-14-8-9-17-34(31)32/h8-9,11,14-17,28-30,35-38,49H,2-7,10,12-13,18-27H2,1H3,(H,43,50)(H,45,51)(H,46,53)(H,47,52)/t35-,36?,37?,38?/m0/s1. The summed E-state index contributed by atoms with van der Waals surface area (Å²) in [5.74, 6) is -1.19. The van der Waals surface area contributed by atoms with E-state index >= 15 is 0 Å². The maximum absolute atomic E-state index is 14.3. The lowest BCUT2D eigenvalue weighted by atomic mass is 9.83. The Morgan fingerprint density at radius 3 is 2.40 bits per heavy atom. The van der Waals surface area contributed by atoms with Crippen LogP contribution in [0.25, 0.3) is 10.8 Å². The van der Waals surface area contributed by atoms with Gasteiger partial charge in [-0.25, -0.2) is 4.98 Å². The van der Waals surface area contributed by atoms with Crippen LogP contribution in [-0.4, -0.2) is 102 Å². The van der Waals surface area contributed by atoms with Crippen molar-refractivity contribution >= 4 is 45.7 Å². The van der Waals surface area contributed by atoms with Gasteiger partial charge in [0.25, 0.3) is 0 Å². The monoisotopic (exact) mass is 776 g/mol. The van der Waals surface area contributed by atoms with Crippen LogP contribution in [0.2, 0.25) is 0 Å². The summed E-state index contributed by atoms with van der Waals surface area (Å²) in [5, 5.41) is 27.2. The Balaban J connectivity index is 1.33. The Hall–Kier alpha value is -3.91. The van der Waals surface area contributed by atoms with E-state index in [1.807, 2.05) is 52.7 Å². The van der Waals surface area contributed by atoms with E-state index in [9.17, 15) is 24.3 Å². The summed E-state index contributed by atoms with van der Waals surface area (Å²) in [6.45, 7) is 5.14. The van der Waals surface area contributed by atoms with Gasteiger partial charge in [0.2, 0.25) is 23.6 Å². The average Bonchev–Trinajstić information content (AvgIpc) is 3.71. The van der Waals surface area contributed by atoms with Crippen LogP contribution in [0, 0.1) is 5.92 Å². The Morgan fingerprint density at radius 2 is 1.64 bits per heavy atom. The second-order valence-corrected chi connectivity index (χ2v) is 15.9. The minimum Gasteiger partial charge on any atom is -0.390 e. The smallest absolute Gasteiger partial charge is 0.243 e. The van der Waals surface area contributed by atoms with Crippen LogP contribution >= 0.6 is 11.3 Å². The molecule has 0 bridgehead atoms. The van der Waals surface area contributed by atoms with E-state index in [-0.39, 0.29) is 37.6 Å². The topological polar surface area (TPSA) is 162 Å². The number of unbranched alkanes of at least 4 members (excludes halogenated alkanes) is 3. The van der Waals surface area contributed by atoms with Gasteiger partial charge in [-0.1, -0.05) is 101 Å². The fourth-order valence-corrected chi connectivity index (χ4v) is 8.26. The lowest BCUT2D eigenvalue weighted by molar-refractivity contribution is -0.133. The first-order chi connectivity index (χ1) is 26.8. The number of carbonyl (C=O) groups is 4. The summed E-state index contributed by atoms with van der Waals surface area (Å²) in [5.41, 5.74) is 3.21. The molecule has 4 atom stereocenters. The summed E-state index contributed by atoms with van der Waals surface area (Å²) < 4.78 is 5.44. The van der Waals surface area contributed by atoms with Crippen molar-refractivity contribution < 1.29 is 29.0 Å². The molecule has 1 saturated heterocycles. The minimum atomic E-state index is -1.10. The number of thiazole rings is 1. The van der Waals surface area contributed by atoms with E-state index in [0.717, 1.165) is 67.7 Å². The Kier molecular flexibility index (Phi) is 17.4. The van der Waals surface area contributed by atoms with E-state index in [2.05, 4.69) is 33.2 Å². The van der Waals surface area contributed by atoms with Crippen LogP contribution in [0.4, 0.5) is 0 Å². The highest BCUT2D eigenvalue weighted by molar-refractivity contribution is 7.07. The number of aliphatic hydroxyl groups is 1. The van der Waals surface area contributed by atoms with Crippen molar-refractivity contribution in [1.82, 2.24) is 31.2 Å². The molecule has 3 aromatic rings. The molecular formula is C42H60N6O6S. The van der Waals surface area contributed by atoms with Crippen molar-refractivity contribution in [3.05, 3.63) is 64.6 Å². The molecule has 0 spiro atoms. The fourth-order valence-electron chi connectivity index (χ4n) is 7.69. The first kappa shape index (κ1) is 42.2. The van der Waals surface area contributed by atoms with Gasteiger partial charge in [0.1, 0.15) is 12.1 Å². The fraction of sp³-hybridized carbons (Fsp3) is 0.595. The Bertz CT molecular complexity index is 1640. The predicted octanol–water partition coefficient (Wildman–Crippen LogP) is 4.29. The number of hydrogen-bond donors (Lipinski definition) is 5. The molecule has 55 heavy (non-hydrogen) atoms. The van der Waals surface area contributed by atoms with E-state index < -0.39 is 36.0 Å². The number of nitrogens with zero attached hydrogens (tertiary/aromatic N) is 2. The van der Waals surface area contributed by atoms with Crippen LogP contribution in [-0.2, 0) is 36.8 Å². The molecule has 5 N–H and O–H groups in total. The van der Waals surface area contributed by atoms with Crippen LogP contribution < -0.4 is 21.3 Å². The first-order valence-electron chi connectivity index (χ1n) is 20.3. The molecule has 1 aliphatic carbocycles. The number of ether oxygens (including phenoxy) is 1. The molecule has 1 aliphatic heterocycles. The van der Waals surface area contributed by atoms with E-state index in [0.29, 0.717) is 50.9 Å².